The van der Waals surface area contributed by atoms with Crippen molar-refractivity contribution < 1.29 is 13.2 Å². The van der Waals surface area contributed by atoms with Gasteiger partial charge < -0.3 is 0 Å². The van der Waals surface area contributed by atoms with Crippen LogP contribution in [0.15, 0.2) is 29.2 Å². The minimum atomic E-state index is -3.51. The zero-order valence-electron chi connectivity index (χ0n) is 12.7. The highest BCUT2D eigenvalue weighted by molar-refractivity contribution is 7.89. The molecule has 1 aliphatic carbocycles. The monoisotopic (exact) mass is 309 g/mol. The molecular formula is C16H23NO3S. The molecule has 0 amide bonds. The van der Waals surface area contributed by atoms with Gasteiger partial charge in [-0.25, -0.2) is 8.42 Å². The molecule has 5 heteroatoms. The summed E-state index contributed by atoms with van der Waals surface area (Å²) in [7, 11) is -3.51. The summed E-state index contributed by atoms with van der Waals surface area (Å²) in [6, 6.07) is 6.40. The lowest BCUT2D eigenvalue weighted by Gasteiger charge is -2.31. The Labute approximate surface area is 127 Å². The number of rotatable bonds is 7. The lowest BCUT2D eigenvalue weighted by Crippen LogP contribution is -2.37. The molecule has 116 valence electrons. The van der Waals surface area contributed by atoms with Crippen molar-refractivity contribution in [1.29, 1.82) is 0 Å². The van der Waals surface area contributed by atoms with E-state index in [2.05, 4.69) is 0 Å². The van der Waals surface area contributed by atoms with Crippen molar-refractivity contribution in [2.24, 2.45) is 5.92 Å². The SMILES string of the molecule is CCC(=O)c1cccc(S(=O)(=O)N(CC)CC2CCC2)c1. The number of hydrogen-bond acceptors (Lipinski definition) is 3. The van der Waals surface area contributed by atoms with Gasteiger partial charge in [-0.2, -0.15) is 4.31 Å². The van der Waals surface area contributed by atoms with Gasteiger partial charge in [0.05, 0.1) is 4.90 Å². The number of carbonyl (C=O) groups is 1. The molecule has 1 aliphatic rings. The Hall–Kier alpha value is -1.20. The number of sulfonamides is 1. The Balaban J connectivity index is 2.26. The number of carbonyl (C=O) groups excluding carboxylic acids is 1. The number of benzene rings is 1. The van der Waals surface area contributed by atoms with Crippen molar-refractivity contribution in [1.82, 2.24) is 4.31 Å². The van der Waals surface area contributed by atoms with Crippen molar-refractivity contribution in [3.63, 3.8) is 0 Å². The Kier molecular flexibility index (Phi) is 5.17. The second-order valence-corrected chi connectivity index (χ2v) is 7.50. The standard InChI is InChI=1S/C16H23NO3S/c1-3-16(18)14-9-6-10-15(11-14)21(19,20)17(4-2)12-13-7-5-8-13/h6,9-11,13H,3-5,7-8,12H2,1-2H3. The van der Waals surface area contributed by atoms with Crippen LogP contribution in [0.4, 0.5) is 0 Å². The summed E-state index contributed by atoms with van der Waals surface area (Å²) in [5.41, 5.74) is 0.471. The first kappa shape index (κ1) is 16.2. The summed E-state index contributed by atoms with van der Waals surface area (Å²) >= 11 is 0. The highest BCUT2D eigenvalue weighted by atomic mass is 32.2. The predicted octanol–water partition coefficient (Wildman–Crippen LogP) is 3.09. The van der Waals surface area contributed by atoms with Crippen LogP contribution < -0.4 is 0 Å². The van der Waals surface area contributed by atoms with Crippen LogP contribution in [0.1, 0.15) is 49.9 Å². The Morgan fingerprint density at radius 2 is 2.00 bits per heavy atom. The molecule has 0 aromatic heterocycles. The van der Waals surface area contributed by atoms with Gasteiger partial charge in [-0.1, -0.05) is 32.4 Å². The summed E-state index contributed by atoms with van der Waals surface area (Å²) in [4.78, 5) is 12.0. The van der Waals surface area contributed by atoms with Crippen LogP contribution in [0, 0.1) is 5.92 Å². The summed E-state index contributed by atoms with van der Waals surface area (Å²) in [6.45, 7) is 4.69. The number of Topliss-reactive ketones (excluding diaryl/α,β-unsaturated/α-hetero) is 1. The fourth-order valence-electron chi connectivity index (χ4n) is 2.54. The molecular weight excluding hydrogens is 286 g/mol. The third-order valence-electron chi connectivity index (χ3n) is 4.15. The van der Waals surface area contributed by atoms with Gasteiger partial charge in [0.2, 0.25) is 10.0 Å². The van der Waals surface area contributed by atoms with E-state index >= 15 is 0 Å². The molecule has 0 spiro atoms. The molecule has 0 unspecified atom stereocenters. The lowest BCUT2D eigenvalue weighted by molar-refractivity contribution is 0.0988. The molecule has 21 heavy (non-hydrogen) atoms. The normalized spacial score (nSPS) is 16.0. The molecule has 1 aromatic carbocycles. The van der Waals surface area contributed by atoms with Gasteiger partial charge in [-0.3, -0.25) is 4.79 Å². The minimum Gasteiger partial charge on any atom is -0.294 e. The van der Waals surface area contributed by atoms with E-state index in [-0.39, 0.29) is 10.7 Å². The van der Waals surface area contributed by atoms with Gasteiger partial charge in [-0.15, -0.1) is 0 Å². The van der Waals surface area contributed by atoms with E-state index in [0.29, 0.717) is 31.0 Å². The van der Waals surface area contributed by atoms with E-state index in [9.17, 15) is 13.2 Å². The molecule has 0 N–H and O–H groups in total. The molecule has 0 bridgehead atoms. The first-order valence-corrected chi connectivity index (χ1v) is 9.06. The maximum absolute atomic E-state index is 12.7. The molecule has 0 aliphatic heterocycles. The van der Waals surface area contributed by atoms with Crippen LogP contribution >= 0.6 is 0 Å². The highest BCUT2D eigenvalue weighted by Gasteiger charge is 2.28. The number of nitrogens with zero attached hydrogens (tertiary/aromatic N) is 1. The van der Waals surface area contributed by atoms with Crippen LogP contribution in [0.5, 0.6) is 0 Å². The second kappa shape index (κ2) is 6.71. The smallest absolute Gasteiger partial charge is 0.243 e. The van der Waals surface area contributed by atoms with Gasteiger partial charge in [0.25, 0.3) is 0 Å². The van der Waals surface area contributed by atoms with Gasteiger partial charge in [0.15, 0.2) is 5.78 Å². The van der Waals surface area contributed by atoms with E-state index in [0.717, 1.165) is 12.8 Å². The zero-order chi connectivity index (χ0) is 15.5. The molecule has 1 saturated carbocycles. The fraction of sp³-hybridized carbons (Fsp3) is 0.562. The molecule has 0 atom stereocenters. The Bertz CT molecular complexity index is 606. The van der Waals surface area contributed by atoms with Crippen molar-refractivity contribution >= 4 is 15.8 Å². The van der Waals surface area contributed by atoms with E-state index in [4.69, 9.17) is 0 Å². The first-order chi connectivity index (χ1) is 9.98. The summed E-state index contributed by atoms with van der Waals surface area (Å²) in [6.07, 6.45) is 3.80. The van der Waals surface area contributed by atoms with Crippen LogP contribution in [0.25, 0.3) is 0 Å². The van der Waals surface area contributed by atoms with E-state index < -0.39 is 10.0 Å². The largest absolute Gasteiger partial charge is 0.294 e. The van der Waals surface area contributed by atoms with Gasteiger partial charge in [-0.05, 0) is 30.9 Å². The lowest BCUT2D eigenvalue weighted by atomic mass is 9.85. The summed E-state index contributed by atoms with van der Waals surface area (Å²) < 4.78 is 27.0. The van der Waals surface area contributed by atoms with E-state index in [1.165, 1.54) is 16.8 Å². The maximum Gasteiger partial charge on any atom is 0.243 e. The zero-order valence-corrected chi connectivity index (χ0v) is 13.5. The van der Waals surface area contributed by atoms with Crippen LogP contribution in [-0.2, 0) is 10.0 Å². The average molecular weight is 309 g/mol. The van der Waals surface area contributed by atoms with Crippen LogP contribution in [0.3, 0.4) is 0 Å². The Morgan fingerprint density at radius 3 is 2.52 bits per heavy atom. The van der Waals surface area contributed by atoms with Crippen molar-refractivity contribution in [3.05, 3.63) is 29.8 Å². The summed E-state index contributed by atoms with van der Waals surface area (Å²) in [5.74, 6) is 0.453. The van der Waals surface area contributed by atoms with E-state index in [1.54, 1.807) is 25.1 Å². The summed E-state index contributed by atoms with van der Waals surface area (Å²) in [5, 5.41) is 0. The second-order valence-electron chi connectivity index (χ2n) is 5.56. The quantitative estimate of drug-likeness (QED) is 0.727. The topological polar surface area (TPSA) is 54.5 Å². The minimum absolute atomic E-state index is 0.0332. The molecule has 1 fully saturated rings. The van der Waals surface area contributed by atoms with Crippen molar-refractivity contribution in [2.75, 3.05) is 13.1 Å². The highest BCUT2D eigenvalue weighted by Crippen LogP contribution is 2.29. The third-order valence-corrected chi connectivity index (χ3v) is 6.09. The van der Waals surface area contributed by atoms with Gasteiger partial charge in [0.1, 0.15) is 0 Å². The Morgan fingerprint density at radius 1 is 1.29 bits per heavy atom. The van der Waals surface area contributed by atoms with Gasteiger partial charge in [0, 0.05) is 25.1 Å². The maximum atomic E-state index is 12.7. The average Bonchev–Trinajstić information content (AvgIpc) is 2.45. The van der Waals surface area contributed by atoms with Gasteiger partial charge >= 0.3 is 0 Å². The fourth-order valence-corrected chi connectivity index (χ4v) is 4.12. The molecule has 2 rings (SSSR count). The van der Waals surface area contributed by atoms with Crippen LogP contribution in [-0.4, -0.2) is 31.6 Å². The number of ketones is 1. The van der Waals surface area contributed by atoms with Crippen LogP contribution in [0.2, 0.25) is 0 Å². The first-order valence-electron chi connectivity index (χ1n) is 7.62. The molecule has 0 saturated heterocycles. The molecule has 0 radical (unpaired) electrons. The van der Waals surface area contributed by atoms with E-state index in [1.807, 2.05) is 6.92 Å². The number of hydrogen-bond donors (Lipinski definition) is 0. The molecule has 4 nitrogen and oxygen atoms in total. The molecule has 1 aromatic rings. The van der Waals surface area contributed by atoms with Crippen molar-refractivity contribution in [2.45, 2.75) is 44.4 Å². The van der Waals surface area contributed by atoms with Crippen molar-refractivity contribution in [3.8, 4) is 0 Å². The third kappa shape index (κ3) is 3.52. The predicted molar refractivity (Wildman–Crippen MR) is 82.8 cm³/mol. The molecule has 0 heterocycles.